The Kier molecular flexibility index (Phi) is 12.5. The molecule has 0 saturated carbocycles. The van der Waals surface area contributed by atoms with Gasteiger partial charge in [-0.05, 0) is 49.6 Å². The van der Waals surface area contributed by atoms with Crippen molar-refractivity contribution in [1.29, 1.82) is 0 Å². The fourth-order valence-electron chi connectivity index (χ4n) is 3.73. The molecule has 8 nitrogen and oxygen atoms in total. The number of amides is 1. The maximum absolute atomic E-state index is 13.0. The number of hydrogen-bond acceptors (Lipinski definition) is 7. The molecule has 0 fully saturated rings. The van der Waals surface area contributed by atoms with Crippen LogP contribution >= 0.6 is 0 Å². The normalized spacial score (nSPS) is 11.1. The molecule has 0 aliphatic rings. The molecule has 0 aliphatic heterocycles. The zero-order chi connectivity index (χ0) is 28.6. The van der Waals surface area contributed by atoms with Crippen molar-refractivity contribution in [2.24, 2.45) is 0 Å². The van der Waals surface area contributed by atoms with Gasteiger partial charge in [0.1, 0.15) is 32.7 Å². The van der Waals surface area contributed by atoms with E-state index >= 15 is 0 Å². The van der Waals surface area contributed by atoms with Crippen LogP contribution in [-0.2, 0) is 38.8 Å². The van der Waals surface area contributed by atoms with Crippen LogP contribution in [0.3, 0.4) is 0 Å². The number of benzene rings is 3. The van der Waals surface area contributed by atoms with Gasteiger partial charge in [-0.3, -0.25) is 4.90 Å². The molecule has 0 atom stereocenters. The van der Waals surface area contributed by atoms with Crippen LogP contribution in [0.1, 0.15) is 37.5 Å². The van der Waals surface area contributed by atoms with Crippen molar-refractivity contribution in [2.75, 3.05) is 33.0 Å². The number of nitrogens with zero attached hydrogens (tertiary/aromatic N) is 1. The number of aldehydes is 1. The number of carbonyl (C=O) groups excluding carboxylic acids is 2. The minimum absolute atomic E-state index is 0.0397. The van der Waals surface area contributed by atoms with Crippen LogP contribution < -0.4 is 9.47 Å². The van der Waals surface area contributed by atoms with E-state index in [1.54, 1.807) is 4.90 Å². The second-order valence-corrected chi connectivity index (χ2v) is 10.1. The lowest BCUT2D eigenvalue weighted by molar-refractivity contribution is -0.112. The summed E-state index contributed by atoms with van der Waals surface area (Å²) in [6, 6.07) is 25.6. The molecule has 0 bridgehead atoms. The van der Waals surface area contributed by atoms with Crippen LogP contribution in [0, 0.1) is 0 Å². The number of rotatable bonds is 16. The van der Waals surface area contributed by atoms with Crippen molar-refractivity contribution in [3.63, 3.8) is 0 Å². The first-order valence-corrected chi connectivity index (χ1v) is 13.4. The van der Waals surface area contributed by atoms with Gasteiger partial charge in [0.15, 0.2) is 11.5 Å². The molecule has 0 saturated heterocycles. The molecule has 40 heavy (non-hydrogen) atoms. The Morgan fingerprint density at radius 2 is 1.30 bits per heavy atom. The summed E-state index contributed by atoms with van der Waals surface area (Å²) in [5.41, 5.74) is 2.48. The lowest BCUT2D eigenvalue weighted by Crippen LogP contribution is -2.45. The SMILES string of the molecule is CC(C)(C)N(Cc1ccc(OCc2ccccc2)c(OCc2ccccc2)c1)C(=O)OCCOCCOCC=O. The molecule has 1 amide bonds. The molecule has 0 aliphatic carbocycles. The van der Waals surface area contributed by atoms with Crippen LogP contribution in [0.15, 0.2) is 78.9 Å². The highest BCUT2D eigenvalue weighted by molar-refractivity contribution is 5.68. The smallest absolute Gasteiger partial charge is 0.410 e. The molecule has 3 aromatic rings. The predicted molar refractivity (Wildman–Crippen MR) is 152 cm³/mol. The zero-order valence-electron chi connectivity index (χ0n) is 23.5. The summed E-state index contributed by atoms with van der Waals surface area (Å²) in [5.74, 6) is 1.23. The van der Waals surface area contributed by atoms with Crippen LogP contribution in [0.25, 0.3) is 0 Å². The second kappa shape index (κ2) is 16.3. The topological polar surface area (TPSA) is 83.5 Å². The van der Waals surface area contributed by atoms with E-state index < -0.39 is 11.6 Å². The third kappa shape index (κ3) is 10.7. The molecule has 0 radical (unpaired) electrons. The largest absolute Gasteiger partial charge is 0.485 e. The minimum Gasteiger partial charge on any atom is -0.485 e. The lowest BCUT2D eigenvalue weighted by Gasteiger charge is -2.35. The fraction of sp³-hybridized carbons (Fsp3) is 0.375. The van der Waals surface area contributed by atoms with E-state index in [-0.39, 0.29) is 19.8 Å². The molecule has 0 N–H and O–H groups in total. The minimum atomic E-state index is -0.492. The Balaban J connectivity index is 1.66. The van der Waals surface area contributed by atoms with Crippen molar-refractivity contribution in [1.82, 2.24) is 4.90 Å². The molecular formula is C32H39NO7. The standard InChI is InChI=1S/C32H39NO7/c1-32(2,3)33(31(35)38-21-20-37-19-18-36-17-16-34)23-28-14-15-29(39-24-26-10-6-4-7-11-26)30(22-28)40-25-27-12-8-5-9-13-27/h4-16,22H,17-21,23-25H2,1-3H3. The van der Waals surface area contributed by atoms with E-state index in [0.717, 1.165) is 16.7 Å². The monoisotopic (exact) mass is 549 g/mol. The highest BCUT2D eigenvalue weighted by Gasteiger charge is 2.28. The quantitative estimate of drug-likeness (QED) is 0.165. The highest BCUT2D eigenvalue weighted by atomic mass is 16.6. The molecular weight excluding hydrogens is 510 g/mol. The average Bonchev–Trinajstić information content (AvgIpc) is 2.96. The summed E-state index contributed by atoms with van der Waals surface area (Å²) >= 11 is 0. The Morgan fingerprint density at radius 1 is 0.725 bits per heavy atom. The Hall–Kier alpha value is -3.88. The summed E-state index contributed by atoms with van der Waals surface area (Å²) in [6.45, 7) is 8.00. The molecule has 3 aromatic carbocycles. The average molecular weight is 550 g/mol. The maximum atomic E-state index is 13.0. The van der Waals surface area contributed by atoms with E-state index in [0.29, 0.717) is 50.8 Å². The molecule has 0 spiro atoms. The van der Waals surface area contributed by atoms with Crippen molar-refractivity contribution in [3.05, 3.63) is 95.6 Å². The van der Waals surface area contributed by atoms with Gasteiger partial charge in [0.2, 0.25) is 0 Å². The first kappa shape index (κ1) is 30.7. The van der Waals surface area contributed by atoms with Crippen LogP contribution in [0.4, 0.5) is 4.79 Å². The van der Waals surface area contributed by atoms with Crippen molar-refractivity contribution >= 4 is 12.4 Å². The van der Waals surface area contributed by atoms with Gasteiger partial charge in [-0.25, -0.2) is 4.79 Å². The van der Waals surface area contributed by atoms with Crippen molar-refractivity contribution in [2.45, 2.75) is 46.1 Å². The van der Waals surface area contributed by atoms with Gasteiger partial charge in [0.05, 0.1) is 19.8 Å². The first-order valence-electron chi connectivity index (χ1n) is 13.4. The van der Waals surface area contributed by atoms with E-state index in [1.165, 1.54) is 0 Å². The van der Waals surface area contributed by atoms with Gasteiger partial charge in [0.25, 0.3) is 0 Å². The second-order valence-electron chi connectivity index (χ2n) is 10.1. The molecule has 0 unspecified atom stereocenters. The maximum Gasteiger partial charge on any atom is 0.410 e. The van der Waals surface area contributed by atoms with E-state index in [1.807, 2.05) is 99.6 Å². The predicted octanol–water partition coefficient (Wildman–Crippen LogP) is 5.81. The Bertz CT molecular complexity index is 1160. The van der Waals surface area contributed by atoms with Gasteiger partial charge >= 0.3 is 6.09 Å². The fourth-order valence-corrected chi connectivity index (χ4v) is 3.73. The van der Waals surface area contributed by atoms with E-state index in [4.69, 9.17) is 23.7 Å². The zero-order valence-corrected chi connectivity index (χ0v) is 23.5. The molecule has 3 rings (SSSR count). The molecule has 0 aromatic heterocycles. The van der Waals surface area contributed by atoms with Gasteiger partial charge in [0, 0.05) is 12.1 Å². The summed E-state index contributed by atoms with van der Waals surface area (Å²) in [7, 11) is 0. The summed E-state index contributed by atoms with van der Waals surface area (Å²) in [6.07, 6.45) is 0.247. The number of ether oxygens (including phenoxy) is 5. The first-order chi connectivity index (χ1) is 19.4. The van der Waals surface area contributed by atoms with Gasteiger partial charge < -0.3 is 28.5 Å². The van der Waals surface area contributed by atoms with Crippen molar-refractivity contribution < 1.29 is 33.3 Å². The van der Waals surface area contributed by atoms with Gasteiger partial charge in [-0.15, -0.1) is 0 Å². The molecule has 8 heteroatoms. The summed E-state index contributed by atoms with van der Waals surface area (Å²) in [5, 5.41) is 0. The van der Waals surface area contributed by atoms with E-state index in [9.17, 15) is 9.59 Å². The van der Waals surface area contributed by atoms with Crippen LogP contribution in [-0.4, -0.2) is 55.9 Å². The summed E-state index contributed by atoms with van der Waals surface area (Å²) < 4.78 is 28.2. The highest BCUT2D eigenvalue weighted by Crippen LogP contribution is 2.31. The van der Waals surface area contributed by atoms with Crippen molar-refractivity contribution in [3.8, 4) is 11.5 Å². The van der Waals surface area contributed by atoms with Crippen LogP contribution in [0.5, 0.6) is 11.5 Å². The van der Waals surface area contributed by atoms with Crippen LogP contribution in [0.2, 0.25) is 0 Å². The van der Waals surface area contributed by atoms with E-state index in [2.05, 4.69) is 0 Å². The third-order valence-corrected chi connectivity index (χ3v) is 5.86. The van der Waals surface area contributed by atoms with Gasteiger partial charge in [-0.2, -0.15) is 0 Å². The number of hydrogen-bond donors (Lipinski definition) is 0. The number of carbonyl (C=O) groups is 2. The summed E-state index contributed by atoms with van der Waals surface area (Å²) in [4.78, 5) is 24.9. The lowest BCUT2D eigenvalue weighted by atomic mass is 10.0. The Morgan fingerprint density at radius 3 is 1.90 bits per heavy atom. The molecule has 0 heterocycles. The third-order valence-electron chi connectivity index (χ3n) is 5.86. The molecule has 214 valence electrons. The Labute approximate surface area is 236 Å². The van der Waals surface area contributed by atoms with Gasteiger partial charge in [-0.1, -0.05) is 66.7 Å².